The van der Waals surface area contributed by atoms with E-state index in [0.29, 0.717) is 16.9 Å². The molecule has 2 nitrogen and oxygen atoms in total. The number of aromatic nitrogens is 1. The van der Waals surface area contributed by atoms with E-state index in [1.165, 1.54) is 0 Å². The number of benzene rings is 1. The first-order chi connectivity index (χ1) is 7.13. The molecule has 0 aliphatic carbocycles. The van der Waals surface area contributed by atoms with Crippen molar-refractivity contribution in [3.63, 3.8) is 0 Å². The number of hydrogen-bond donors (Lipinski definition) is 0. The largest absolute Gasteiger partial charge is 0.298 e. The second kappa shape index (κ2) is 3.80. The van der Waals surface area contributed by atoms with Crippen LogP contribution >= 0.6 is 23.2 Å². The molecule has 0 amide bonds. The van der Waals surface area contributed by atoms with Gasteiger partial charge in [0.25, 0.3) is 0 Å². The van der Waals surface area contributed by atoms with E-state index in [9.17, 15) is 4.79 Å². The summed E-state index contributed by atoms with van der Waals surface area (Å²) in [5.41, 5.74) is 2.07. The number of nitrogens with zero attached hydrogens (tertiary/aromatic N) is 1. The molecule has 4 heteroatoms. The molecule has 0 spiro atoms. The molecule has 2 rings (SSSR count). The molecule has 0 aliphatic heterocycles. The van der Waals surface area contributed by atoms with Crippen LogP contribution in [0, 0.1) is 6.92 Å². The van der Waals surface area contributed by atoms with Crippen molar-refractivity contribution in [2.45, 2.75) is 6.92 Å². The molecule has 0 fully saturated rings. The van der Waals surface area contributed by atoms with E-state index in [1.807, 2.05) is 13.0 Å². The zero-order valence-electron chi connectivity index (χ0n) is 7.92. The number of hydrogen-bond acceptors (Lipinski definition) is 2. The summed E-state index contributed by atoms with van der Waals surface area (Å²) in [6.45, 7) is 1.92. The maximum atomic E-state index is 10.7. The Kier molecular flexibility index (Phi) is 2.63. The third-order valence-electron chi connectivity index (χ3n) is 2.24. The summed E-state index contributed by atoms with van der Waals surface area (Å²) in [4.78, 5) is 14.9. The van der Waals surface area contributed by atoms with Gasteiger partial charge < -0.3 is 0 Å². The SMILES string of the molecule is Cc1ccc(Cl)c2cc(C=O)c(Cl)nc12. The lowest BCUT2D eigenvalue weighted by molar-refractivity contribution is 0.112. The minimum absolute atomic E-state index is 0.211. The average Bonchev–Trinajstić information content (AvgIpc) is 2.23. The Labute approximate surface area is 96.8 Å². The molecule has 0 saturated carbocycles. The van der Waals surface area contributed by atoms with Crippen LogP contribution in [0.2, 0.25) is 10.2 Å². The van der Waals surface area contributed by atoms with Crippen molar-refractivity contribution in [2.75, 3.05) is 0 Å². The topological polar surface area (TPSA) is 30.0 Å². The van der Waals surface area contributed by atoms with Crippen LogP contribution in [0.25, 0.3) is 10.9 Å². The zero-order valence-corrected chi connectivity index (χ0v) is 9.43. The van der Waals surface area contributed by atoms with Gasteiger partial charge in [-0.05, 0) is 24.6 Å². The highest BCUT2D eigenvalue weighted by Crippen LogP contribution is 2.27. The van der Waals surface area contributed by atoms with Gasteiger partial charge in [0.05, 0.1) is 16.1 Å². The van der Waals surface area contributed by atoms with Crippen molar-refractivity contribution in [1.29, 1.82) is 0 Å². The van der Waals surface area contributed by atoms with Gasteiger partial charge in [-0.1, -0.05) is 29.3 Å². The van der Waals surface area contributed by atoms with Crippen LogP contribution in [-0.2, 0) is 0 Å². The van der Waals surface area contributed by atoms with E-state index >= 15 is 0 Å². The normalized spacial score (nSPS) is 10.6. The van der Waals surface area contributed by atoms with Crippen molar-refractivity contribution >= 4 is 40.4 Å². The number of fused-ring (bicyclic) bond motifs is 1. The number of aryl methyl sites for hydroxylation is 1. The number of pyridine rings is 1. The van der Waals surface area contributed by atoms with Gasteiger partial charge in [-0.15, -0.1) is 0 Å². The fraction of sp³-hybridized carbons (Fsp3) is 0.0909. The first-order valence-electron chi connectivity index (χ1n) is 4.34. The molecule has 1 aromatic heterocycles. The molecule has 15 heavy (non-hydrogen) atoms. The van der Waals surface area contributed by atoms with E-state index in [0.717, 1.165) is 16.5 Å². The lowest BCUT2D eigenvalue weighted by Gasteiger charge is -2.05. The second-order valence-electron chi connectivity index (χ2n) is 3.25. The monoisotopic (exact) mass is 239 g/mol. The number of halogens is 2. The molecule has 0 saturated heterocycles. The summed E-state index contributed by atoms with van der Waals surface area (Å²) in [6, 6.07) is 5.31. The van der Waals surface area contributed by atoms with Gasteiger partial charge in [-0.3, -0.25) is 4.79 Å². The first-order valence-corrected chi connectivity index (χ1v) is 5.09. The molecule has 76 valence electrons. The summed E-state index contributed by atoms with van der Waals surface area (Å²) in [6.07, 6.45) is 0.674. The van der Waals surface area contributed by atoms with Crippen molar-refractivity contribution in [3.8, 4) is 0 Å². The van der Waals surface area contributed by atoms with Gasteiger partial charge in [-0.2, -0.15) is 0 Å². The third-order valence-corrected chi connectivity index (χ3v) is 2.87. The Balaban J connectivity index is 2.92. The predicted octanol–water partition coefficient (Wildman–Crippen LogP) is 3.66. The smallest absolute Gasteiger partial charge is 0.153 e. The lowest BCUT2D eigenvalue weighted by atomic mass is 10.1. The molecule has 1 heterocycles. The fourth-order valence-corrected chi connectivity index (χ4v) is 1.83. The van der Waals surface area contributed by atoms with E-state index in [2.05, 4.69) is 4.98 Å². The minimum Gasteiger partial charge on any atom is -0.298 e. The highest BCUT2D eigenvalue weighted by molar-refractivity contribution is 6.36. The summed E-state index contributed by atoms with van der Waals surface area (Å²) < 4.78 is 0. The van der Waals surface area contributed by atoms with E-state index in [4.69, 9.17) is 23.2 Å². The Bertz CT molecular complexity index is 552. The van der Waals surface area contributed by atoms with Gasteiger partial charge in [0.1, 0.15) is 5.15 Å². The maximum absolute atomic E-state index is 10.7. The molecular weight excluding hydrogens is 233 g/mol. The van der Waals surface area contributed by atoms with Crippen LogP contribution < -0.4 is 0 Å². The highest BCUT2D eigenvalue weighted by Gasteiger charge is 2.08. The Morgan fingerprint density at radius 2 is 2.07 bits per heavy atom. The molecule has 0 unspecified atom stereocenters. The van der Waals surface area contributed by atoms with E-state index in [1.54, 1.807) is 12.1 Å². The van der Waals surface area contributed by atoms with Crippen LogP contribution in [-0.4, -0.2) is 11.3 Å². The van der Waals surface area contributed by atoms with E-state index < -0.39 is 0 Å². The summed E-state index contributed by atoms with van der Waals surface area (Å²) in [5, 5.41) is 1.54. The molecular formula is C11H7Cl2NO. The standard InChI is InChI=1S/C11H7Cl2NO/c1-6-2-3-9(12)8-4-7(5-15)11(13)14-10(6)8/h2-5H,1H3. The van der Waals surface area contributed by atoms with Gasteiger partial charge in [0, 0.05) is 5.39 Å². The van der Waals surface area contributed by atoms with Crippen molar-refractivity contribution < 1.29 is 4.79 Å². The van der Waals surface area contributed by atoms with Gasteiger partial charge >= 0.3 is 0 Å². The van der Waals surface area contributed by atoms with Crippen molar-refractivity contribution in [1.82, 2.24) is 4.98 Å². The van der Waals surface area contributed by atoms with Gasteiger partial charge in [0.15, 0.2) is 6.29 Å². The maximum Gasteiger partial charge on any atom is 0.153 e. The summed E-state index contributed by atoms with van der Waals surface area (Å²) in [5.74, 6) is 0. The Morgan fingerprint density at radius 3 is 2.73 bits per heavy atom. The summed E-state index contributed by atoms with van der Waals surface area (Å²) in [7, 11) is 0. The van der Waals surface area contributed by atoms with Crippen LogP contribution in [0.4, 0.5) is 0 Å². The van der Waals surface area contributed by atoms with Crippen LogP contribution in [0.1, 0.15) is 15.9 Å². The van der Waals surface area contributed by atoms with Crippen molar-refractivity contribution in [3.05, 3.63) is 39.5 Å². The third kappa shape index (κ3) is 1.71. The Morgan fingerprint density at radius 1 is 1.33 bits per heavy atom. The predicted molar refractivity (Wildman–Crippen MR) is 61.9 cm³/mol. The number of aldehydes is 1. The number of rotatable bonds is 1. The van der Waals surface area contributed by atoms with Crippen molar-refractivity contribution in [2.24, 2.45) is 0 Å². The minimum atomic E-state index is 0.211. The summed E-state index contributed by atoms with van der Waals surface area (Å²) >= 11 is 11.9. The van der Waals surface area contributed by atoms with Gasteiger partial charge in [0.2, 0.25) is 0 Å². The fourth-order valence-electron chi connectivity index (χ4n) is 1.44. The Hall–Kier alpha value is -1.12. The van der Waals surface area contributed by atoms with Crippen LogP contribution in [0.15, 0.2) is 18.2 Å². The molecule has 0 aliphatic rings. The molecule has 2 aromatic rings. The number of carbonyl (C=O) groups is 1. The quantitative estimate of drug-likeness (QED) is 0.562. The van der Waals surface area contributed by atoms with E-state index in [-0.39, 0.29) is 5.15 Å². The molecule has 0 atom stereocenters. The highest BCUT2D eigenvalue weighted by atomic mass is 35.5. The number of carbonyl (C=O) groups excluding carboxylic acids is 1. The second-order valence-corrected chi connectivity index (χ2v) is 4.01. The molecule has 1 aromatic carbocycles. The zero-order chi connectivity index (χ0) is 11.0. The van der Waals surface area contributed by atoms with Gasteiger partial charge in [-0.25, -0.2) is 4.98 Å². The average molecular weight is 240 g/mol. The van der Waals surface area contributed by atoms with Crippen LogP contribution in [0.3, 0.4) is 0 Å². The first kappa shape index (κ1) is 10.4. The molecule has 0 bridgehead atoms. The molecule has 0 N–H and O–H groups in total. The van der Waals surface area contributed by atoms with Crippen LogP contribution in [0.5, 0.6) is 0 Å². The lowest BCUT2D eigenvalue weighted by Crippen LogP contribution is -1.90. The molecule has 0 radical (unpaired) electrons.